The van der Waals surface area contributed by atoms with Gasteiger partial charge in [-0.2, -0.15) is 13.2 Å². The highest BCUT2D eigenvalue weighted by Crippen LogP contribution is 2.25. The molecule has 0 spiro atoms. The Hall–Kier alpha value is -1.83. The second-order valence-corrected chi connectivity index (χ2v) is 5.30. The minimum atomic E-state index is -4.76. The molecule has 0 radical (unpaired) electrons. The zero-order valence-electron chi connectivity index (χ0n) is 13.1. The van der Waals surface area contributed by atoms with E-state index in [9.17, 15) is 27.9 Å². The highest BCUT2D eigenvalue weighted by molar-refractivity contribution is 5.75. The minimum absolute atomic E-state index is 0.00110. The van der Waals surface area contributed by atoms with Gasteiger partial charge in [-0.25, -0.2) is 0 Å². The third kappa shape index (κ3) is 5.38. The van der Waals surface area contributed by atoms with Crippen LogP contribution in [0.15, 0.2) is 23.1 Å². The van der Waals surface area contributed by atoms with Gasteiger partial charge in [-0.15, -0.1) is 0 Å². The predicted octanol–water partition coefficient (Wildman–Crippen LogP) is 1.78. The fourth-order valence-corrected chi connectivity index (χ4v) is 2.31. The number of rotatable bonds is 7. The van der Waals surface area contributed by atoms with Crippen molar-refractivity contribution in [2.75, 3.05) is 6.54 Å². The average molecular weight is 334 g/mol. The second kappa shape index (κ2) is 8.14. The standard InChI is InChI=1S/C15H21F3N2O3/c1-3-10(4-2)12(21)8-19-13(22)9-20-7-5-6-11(14(20)23)15(16,17)18/h5-7,10,12,21H,3-4,8-9H2,1-2H3,(H,19,22). The van der Waals surface area contributed by atoms with Crippen LogP contribution in [0.2, 0.25) is 0 Å². The summed E-state index contributed by atoms with van der Waals surface area (Å²) < 4.78 is 38.6. The van der Waals surface area contributed by atoms with E-state index in [1.54, 1.807) is 0 Å². The third-order valence-corrected chi connectivity index (χ3v) is 3.74. The van der Waals surface area contributed by atoms with Gasteiger partial charge in [0.25, 0.3) is 5.56 Å². The van der Waals surface area contributed by atoms with E-state index >= 15 is 0 Å². The molecule has 1 unspecified atom stereocenters. The Kier molecular flexibility index (Phi) is 6.80. The number of hydrogen-bond acceptors (Lipinski definition) is 3. The Bertz CT molecular complexity index is 580. The van der Waals surface area contributed by atoms with Crippen molar-refractivity contribution in [1.82, 2.24) is 9.88 Å². The molecule has 1 amide bonds. The van der Waals surface area contributed by atoms with Crippen molar-refractivity contribution in [3.63, 3.8) is 0 Å². The van der Waals surface area contributed by atoms with Crippen LogP contribution in [-0.2, 0) is 17.5 Å². The summed E-state index contributed by atoms with van der Waals surface area (Å²) in [6.45, 7) is 3.31. The van der Waals surface area contributed by atoms with Crippen molar-refractivity contribution in [2.45, 2.75) is 45.5 Å². The van der Waals surface area contributed by atoms with Gasteiger partial charge < -0.3 is 15.0 Å². The van der Waals surface area contributed by atoms with Crippen LogP contribution in [0.3, 0.4) is 0 Å². The first-order valence-electron chi connectivity index (χ1n) is 7.42. The Labute approximate surface area is 132 Å². The third-order valence-electron chi connectivity index (χ3n) is 3.74. The van der Waals surface area contributed by atoms with Gasteiger partial charge in [0.05, 0.1) is 6.10 Å². The second-order valence-electron chi connectivity index (χ2n) is 5.30. The molecule has 8 heteroatoms. The van der Waals surface area contributed by atoms with Gasteiger partial charge in [0.2, 0.25) is 5.91 Å². The molecule has 1 aromatic rings. The molecule has 0 saturated heterocycles. The lowest BCUT2D eigenvalue weighted by molar-refractivity contribution is -0.139. The molecule has 1 atom stereocenters. The zero-order chi connectivity index (χ0) is 17.6. The van der Waals surface area contributed by atoms with Gasteiger partial charge in [-0.05, 0) is 18.1 Å². The highest BCUT2D eigenvalue weighted by Gasteiger charge is 2.34. The summed E-state index contributed by atoms with van der Waals surface area (Å²) in [5, 5.41) is 12.3. The molecule has 0 aromatic carbocycles. The SMILES string of the molecule is CCC(CC)C(O)CNC(=O)Cn1cccc(C(F)(F)F)c1=O. The molecule has 0 aliphatic rings. The van der Waals surface area contributed by atoms with E-state index in [4.69, 9.17) is 0 Å². The zero-order valence-corrected chi connectivity index (χ0v) is 13.1. The van der Waals surface area contributed by atoms with Gasteiger partial charge in [0.1, 0.15) is 12.1 Å². The average Bonchev–Trinajstić information content (AvgIpc) is 2.47. The van der Waals surface area contributed by atoms with E-state index < -0.39 is 35.9 Å². The van der Waals surface area contributed by atoms with Crippen LogP contribution >= 0.6 is 0 Å². The first-order valence-corrected chi connectivity index (χ1v) is 7.42. The van der Waals surface area contributed by atoms with Crippen molar-refractivity contribution in [1.29, 1.82) is 0 Å². The topological polar surface area (TPSA) is 71.3 Å². The first-order chi connectivity index (χ1) is 10.7. The van der Waals surface area contributed by atoms with Crippen molar-refractivity contribution in [3.8, 4) is 0 Å². The predicted molar refractivity (Wildman–Crippen MR) is 78.8 cm³/mol. The number of alkyl halides is 3. The van der Waals surface area contributed by atoms with Crippen LogP contribution in [-0.4, -0.2) is 28.2 Å². The number of pyridine rings is 1. The maximum atomic E-state index is 12.6. The Balaban J connectivity index is 2.71. The number of amides is 1. The normalized spacial score (nSPS) is 13.2. The first kappa shape index (κ1) is 19.2. The summed E-state index contributed by atoms with van der Waals surface area (Å²) in [5.74, 6) is -0.594. The molecule has 0 saturated carbocycles. The molecular formula is C15H21F3N2O3. The molecule has 1 rings (SSSR count). The van der Waals surface area contributed by atoms with Gasteiger partial charge in [0, 0.05) is 12.7 Å². The summed E-state index contributed by atoms with van der Waals surface area (Å²) in [6, 6.07) is 1.74. The number of carbonyl (C=O) groups excluding carboxylic acids is 1. The number of aliphatic hydroxyl groups is 1. The maximum Gasteiger partial charge on any atom is 0.421 e. The molecule has 1 aromatic heterocycles. The molecule has 0 aliphatic carbocycles. The van der Waals surface area contributed by atoms with Crippen LogP contribution in [0.25, 0.3) is 0 Å². The fraction of sp³-hybridized carbons (Fsp3) is 0.600. The number of halogens is 3. The fourth-order valence-electron chi connectivity index (χ4n) is 2.31. The Morgan fingerprint density at radius 3 is 2.48 bits per heavy atom. The van der Waals surface area contributed by atoms with Crippen molar-refractivity contribution >= 4 is 5.91 Å². The molecule has 0 aliphatic heterocycles. The lowest BCUT2D eigenvalue weighted by Gasteiger charge is -2.20. The van der Waals surface area contributed by atoms with Crippen LogP contribution in [0.4, 0.5) is 13.2 Å². The van der Waals surface area contributed by atoms with Gasteiger partial charge >= 0.3 is 6.18 Å². The summed E-state index contributed by atoms with van der Waals surface area (Å²) in [4.78, 5) is 23.5. The van der Waals surface area contributed by atoms with Crippen molar-refractivity contribution < 1.29 is 23.1 Å². The minimum Gasteiger partial charge on any atom is -0.391 e. The van der Waals surface area contributed by atoms with E-state index in [1.807, 2.05) is 13.8 Å². The van der Waals surface area contributed by atoms with E-state index in [2.05, 4.69) is 5.32 Å². The number of aromatic nitrogens is 1. The molecule has 2 N–H and O–H groups in total. The number of nitrogens with zero attached hydrogens (tertiary/aromatic N) is 1. The van der Waals surface area contributed by atoms with Gasteiger partial charge in [0.15, 0.2) is 0 Å². The van der Waals surface area contributed by atoms with E-state index in [1.165, 1.54) is 0 Å². The van der Waals surface area contributed by atoms with Crippen LogP contribution < -0.4 is 10.9 Å². The van der Waals surface area contributed by atoms with Crippen LogP contribution in [0.5, 0.6) is 0 Å². The molecule has 5 nitrogen and oxygen atoms in total. The molecular weight excluding hydrogens is 313 g/mol. The Morgan fingerprint density at radius 1 is 1.35 bits per heavy atom. The molecule has 130 valence electrons. The Morgan fingerprint density at radius 2 is 1.96 bits per heavy atom. The molecule has 23 heavy (non-hydrogen) atoms. The number of carbonyl (C=O) groups is 1. The summed E-state index contributed by atoms with van der Waals surface area (Å²) in [5.41, 5.74) is -2.58. The van der Waals surface area contributed by atoms with E-state index in [-0.39, 0.29) is 12.5 Å². The van der Waals surface area contributed by atoms with Crippen molar-refractivity contribution in [3.05, 3.63) is 34.2 Å². The largest absolute Gasteiger partial charge is 0.421 e. The monoisotopic (exact) mass is 334 g/mol. The lowest BCUT2D eigenvalue weighted by atomic mass is 9.96. The van der Waals surface area contributed by atoms with Gasteiger partial charge in [-0.3, -0.25) is 9.59 Å². The molecule has 0 bridgehead atoms. The number of nitrogens with one attached hydrogen (secondary N) is 1. The molecule has 1 heterocycles. The number of hydrogen-bond donors (Lipinski definition) is 2. The highest BCUT2D eigenvalue weighted by atomic mass is 19.4. The summed E-state index contributed by atoms with van der Waals surface area (Å²) in [7, 11) is 0. The summed E-state index contributed by atoms with van der Waals surface area (Å²) >= 11 is 0. The van der Waals surface area contributed by atoms with E-state index in [0.717, 1.165) is 25.1 Å². The molecule has 0 fully saturated rings. The quantitative estimate of drug-likeness (QED) is 0.798. The smallest absolute Gasteiger partial charge is 0.391 e. The van der Waals surface area contributed by atoms with Gasteiger partial charge in [-0.1, -0.05) is 26.7 Å². The summed E-state index contributed by atoms with van der Waals surface area (Å²) in [6.07, 6.45) is -2.87. The van der Waals surface area contributed by atoms with E-state index in [0.29, 0.717) is 10.6 Å². The lowest BCUT2D eigenvalue weighted by Crippen LogP contribution is -2.39. The van der Waals surface area contributed by atoms with Crippen LogP contribution in [0, 0.1) is 5.92 Å². The van der Waals surface area contributed by atoms with Crippen LogP contribution in [0.1, 0.15) is 32.3 Å². The van der Waals surface area contributed by atoms with Crippen molar-refractivity contribution in [2.24, 2.45) is 5.92 Å². The maximum absolute atomic E-state index is 12.6. The number of aliphatic hydroxyl groups excluding tert-OH is 1.